The minimum Gasteiger partial charge on any atom is -0.301 e. The summed E-state index contributed by atoms with van der Waals surface area (Å²) in [5, 5.41) is 9.56. The normalized spacial score (nSPS) is 11.2. The van der Waals surface area contributed by atoms with Gasteiger partial charge in [-0.15, -0.1) is 10.2 Å². The Bertz CT molecular complexity index is 539. The summed E-state index contributed by atoms with van der Waals surface area (Å²) in [6.07, 6.45) is 0. The number of amides is 1. The quantitative estimate of drug-likeness (QED) is 0.772. The van der Waals surface area contributed by atoms with Crippen molar-refractivity contribution in [3.63, 3.8) is 0 Å². The number of hydrogen-bond donors (Lipinski definition) is 2. The number of anilines is 1. The minimum atomic E-state index is -3.77. The first-order valence-electron chi connectivity index (χ1n) is 4.25. The molecule has 0 aliphatic carbocycles. The lowest BCUT2D eigenvalue weighted by molar-refractivity contribution is -0.114. The van der Waals surface area contributed by atoms with Crippen molar-refractivity contribution in [3.05, 3.63) is 11.6 Å². The molecule has 7 nitrogen and oxygen atoms in total. The summed E-state index contributed by atoms with van der Waals surface area (Å²) >= 11 is 6.18. The Labute approximate surface area is 107 Å². The third-order valence-electron chi connectivity index (χ3n) is 1.37. The van der Waals surface area contributed by atoms with E-state index in [2.05, 4.69) is 26.8 Å². The van der Waals surface area contributed by atoms with Crippen molar-refractivity contribution in [3.8, 4) is 0 Å². The van der Waals surface area contributed by atoms with Gasteiger partial charge in [0, 0.05) is 18.5 Å². The maximum absolute atomic E-state index is 11.6. The summed E-state index contributed by atoms with van der Waals surface area (Å²) in [6, 6.07) is 0. The van der Waals surface area contributed by atoms with Crippen LogP contribution >= 0.6 is 22.9 Å². The molecule has 94 valence electrons. The van der Waals surface area contributed by atoms with Crippen molar-refractivity contribution in [2.75, 3.05) is 11.9 Å². The summed E-state index contributed by atoms with van der Waals surface area (Å²) < 4.78 is 25.2. The smallest absolute Gasteiger partial charge is 0.270 e. The SMILES string of the molecule is C=C(Cl)CNS(=O)(=O)c1nnc(NC(C)=O)s1. The van der Waals surface area contributed by atoms with E-state index in [1.54, 1.807) is 0 Å². The van der Waals surface area contributed by atoms with Crippen LogP contribution in [-0.4, -0.2) is 31.1 Å². The molecule has 1 aromatic heterocycles. The molecule has 1 aromatic rings. The van der Waals surface area contributed by atoms with E-state index in [1.807, 2.05) is 0 Å². The summed E-state index contributed by atoms with van der Waals surface area (Å²) in [4.78, 5) is 10.7. The van der Waals surface area contributed by atoms with Gasteiger partial charge in [0.25, 0.3) is 10.0 Å². The molecule has 1 heterocycles. The van der Waals surface area contributed by atoms with Gasteiger partial charge < -0.3 is 5.32 Å². The van der Waals surface area contributed by atoms with Crippen LogP contribution in [0.4, 0.5) is 5.13 Å². The molecule has 0 saturated carbocycles. The molecule has 0 atom stereocenters. The summed E-state index contributed by atoms with van der Waals surface area (Å²) in [7, 11) is -3.77. The van der Waals surface area contributed by atoms with Crippen LogP contribution < -0.4 is 10.0 Å². The zero-order valence-electron chi connectivity index (χ0n) is 8.73. The molecule has 0 aliphatic heterocycles. The highest BCUT2D eigenvalue weighted by Crippen LogP contribution is 2.19. The molecule has 0 unspecified atom stereocenters. The van der Waals surface area contributed by atoms with Crippen molar-refractivity contribution in [2.24, 2.45) is 0 Å². The molecule has 10 heteroatoms. The predicted octanol–water partition coefficient (Wildman–Crippen LogP) is 0.527. The van der Waals surface area contributed by atoms with Gasteiger partial charge in [0.2, 0.25) is 15.4 Å². The van der Waals surface area contributed by atoms with Crippen LogP contribution in [0.15, 0.2) is 16.0 Å². The van der Waals surface area contributed by atoms with Gasteiger partial charge >= 0.3 is 0 Å². The van der Waals surface area contributed by atoms with Crippen LogP contribution in [0.5, 0.6) is 0 Å². The lowest BCUT2D eigenvalue weighted by atomic mass is 10.7. The fraction of sp³-hybridized carbons (Fsp3) is 0.286. The Hall–Kier alpha value is -1.03. The Morgan fingerprint density at radius 3 is 2.71 bits per heavy atom. The molecule has 1 rings (SSSR count). The van der Waals surface area contributed by atoms with E-state index in [-0.39, 0.29) is 27.0 Å². The number of nitrogens with one attached hydrogen (secondary N) is 2. The van der Waals surface area contributed by atoms with Crippen LogP contribution in [0, 0.1) is 0 Å². The average molecular weight is 297 g/mol. The van der Waals surface area contributed by atoms with Crippen molar-refractivity contribution < 1.29 is 13.2 Å². The van der Waals surface area contributed by atoms with Crippen molar-refractivity contribution in [1.29, 1.82) is 0 Å². The van der Waals surface area contributed by atoms with Gasteiger partial charge in [0.15, 0.2) is 0 Å². The van der Waals surface area contributed by atoms with Gasteiger partial charge in [-0.25, -0.2) is 13.1 Å². The van der Waals surface area contributed by atoms with E-state index >= 15 is 0 Å². The van der Waals surface area contributed by atoms with E-state index < -0.39 is 10.0 Å². The topological polar surface area (TPSA) is 101 Å². The Morgan fingerprint density at radius 2 is 2.18 bits per heavy atom. The van der Waals surface area contributed by atoms with Crippen LogP contribution in [-0.2, 0) is 14.8 Å². The van der Waals surface area contributed by atoms with E-state index in [1.165, 1.54) is 6.92 Å². The maximum atomic E-state index is 11.6. The molecule has 0 radical (unpaired) electrons. The maximum Gasteiger partial charge on any atom is 0.270 e. The first-order chi connectivity index (χ1) is 7.81. The van der Waals surface area contributed by atoms with Crippen molar-refractivity contribution in [1.82, 2.24) is 14.9 Å². The van der Waals surface area contributed by atoms with Crippen LogP contribution in [0.1, 0.15) is 6.92 Å². The highest BCUT2D eigenvalue weighted by molar-refractivity contribution is 7.91. The first kappa shape index (κ1) is 14.0. The minimum absolute atomic E-state index is 0.0983. The molecule has 0 aromatic carbocycles. The molecule has 0 bridgehead atoms. The van der Waals surface area contributed by atoms with E-state index in [9.17, 15) is 13.2 Å². The molecular weight excluding hydrogens is 288 g/mol. The third-order valence-corrected chi connectivity index (χ3v) is 4.11. The van der Waals surface area contributed by atoms with Gasteiger partial charge in [-0.1, -0.05) is 29.5 Å². The number of halogens is 1. The zero-order valence-corrected chi connectivity index (χ0v) is 11.1. The average Bonchev–Trinajstić information content (AvgIpc) is 2.63. The van der Waals surface area contributed by atoms with Crippen molar-refractivity contribution >= 4 is 44.0 Å². The van der Waals surface area contributed by atoms with Crippen LogP contribution in [0.2, 0.25) is 0 Å². The lowest BCUT2D eigenvalue weighted by Gasteiger charge is -2.00. The standard InChI is InChI=1S/C7H9ClN4O3S2/c1-4(8)3-9-17(14,15)7-12-11-6(16-7)10-5(2)13/h9H,1,3H2,2H3,(H,10,11,13). The van der Waals surface area contributed by atoms with Crippen LogP contribution in [0.25, 0.3) is 0 Å². The van der Waals surface area contributed by atoms with E-state index in [0.717, 1.165) is 11.3 Å². The molecule has 0 spiro atoms. The Morgan fingerprint density at radius 1 is 1.53 bits per heavy atom. The second kappa shape index (κ2) is 5.54. The highest BCUT2D eigenvalue weighted by Gasteiger charge is 2.20. The molecule has 17 heavy (non-hydrogen) atoms. The molecular formula is C7H9ClN4O3S2. The Kier molecular flexibility index (Phi) is 4.57. The number of hydrogen-bond acceptors (Lipinski definition) is 6. The number of rotatable bonds is 5. The van der Waals surface area contributed by atoms with Gasteiger partial charge in [-0.2, -0.15) is 0 Å². The van der Waals surface area contributed by atoms with Crippen molar-refractivity contribution in [2.45, 2.75) is 11.3 Å². The number of carbonyl (C=O) groups excluding carboxylic acids is 1. The highest BCUT2D eigenvalue weighted by atomic mass is 35.5. The molecule has 0 fully saturated rings. The molecule has 1 amide bonds. The lowest BCUT2D eigenvalue weighted by Crippen LogP contribution is -2.24. The van der Waals surface area contributed by atoms with Gasteiger partial charge in [-0.05, 0) is 0 Å². The predicted molar refractivity (Wildman–Crippen MR) is 64.4 cm³/mol. The van der Waals surface area contributed by atoms with E-state index in [4.69, 9.17) is 11.6 Å². The second-order valence-corrected chi connectivity index (χ2v) is 6.35. The Balaban J connectivity index is 2.81. The third kappa shape index (κ3) is 4.38. The number of carbonyl (C=O) groups is 1. The zero-order chi connectivity index (χ0) is 13.1. The van der Waals surface area contributed by atoms with Gasteiger partial charge in [-0.3, -0.25) is 4.79 Å². The molecule has 0 aliphatic rings. The summed E-state index contributed by atoms with van der Waals surface area (Å²) in [6.45, 7) is 4.53. The van der Waals surface area contributed by atoms with E-state index in [0.29, 0.717) is 0 Å². The largest absolute Gasteiger partial charge is 0.301 e. The fourth-order valence-corrected chi connectivity index (χ4v) is 2.91. The summed E-state index contributed by atoms with van der Waals surface area (Å²) in [5.74, 6) is -0.354. The van der Waals surface area contributed by atoms with Gasteiger partial charge in [0.1, 0.15) is 0 Å². The fourth-order valence-electron chi connectivity index (χ4n) is 0.755. The summed E-state index contributed by atoms with van der Waals surface area (Å²) in [5.41, 5.74) is 0. The molecule has 0 saturated heterocycles. The number of nitrogens with zero attached hydrogens (tertiary/aromatic N) is 2. The van der Waals surface area contributed by atoms with Gasteiger partial charge in [0.05, 0.1) is 0 Å². The monoisotopic (exact) mass is 296 g/mol. The van der Waals surface area contributed by atoms with Crippen LogP contribution in [0.3, 0.4) is 0 Å². The number of aromatic nitrogens is 2. The number of sulfonamides is 1. The second-order valence-electron chi connectivity index (χ2n) is 2.90. The molecule has 2 N–H and O–H groups in total. The first-order valence-corrected chi connectivity index (χ1v) is 6.93.